The number of hydrogen-bond acceptors (Lipinski definition) is 3. The molecule has 24 heavy (non-hydrogen) atoms. The van der Waals surface area contributed by atoms with E-state index in [0.29, 0.717) is 12.3 Å². The van der Waals surface area contributed by atoms with Crippen molar-refractivity contribution >= 4 is 28.5 Å². The summed E-state index contributed by atoms with van der Waals surface area (Å²) in [5.41, 5.74) is 3.22. The van der Waals surface area contributed by atoms with E-state index < -0.39 is 0 Å². The van der Waals surface area contributed by atoms with Crippen molar-refractivity contribution in [2.24, 2.45) is 0 Å². The number of fused-ring (bicyclic) bond motifs is 1. The van der Waals surface area contributed by atoms with Crippen molar-refractivity contribution < 1.29 is 9.21 Å². The lowest BCUT2D eigenvalue weighted by Crippen LogP contribution is -2.39. The summed E-state index contributed by atoms with van der Waals surface area (Å²) in [7, 11) is 0. The number of imidazole rings is 1. The molecule has 3 aromatic rings. The number of H-pyrrole nitrogens is 1. The largest absolute Gasteiger partial charge is 0.440 e. The lowest BCUT2D eigenvalue weighted by Gasteiger charge is -2.31. The highest BCUT2D eigenvalue weighted by Crippen LogP contribution is 2.28. The Morgan fingerprint density at radius 2 is 2.25 bits per heavy atom. The Balaban J connectivity index is 1.56. The number of rotatable bonds is 2. The van der Waals surface area contributed by atoms with Crippen LogP contribution < -0.4 is 0 Å². The molecule has 0 radical (unpaired) electrons. The zero-order chi connectivity index (χ0) is 16.7. The van der Waals surface area contributed by atoms with Crippen LogP contribution in [0.15, 0.2) is 34.7 Å². The third-order valence-corrected chi connectivity index (χ3v) is 4.74. The van der Waals surface area contributed by atoms with E-state index in [1.54, 1.807) is 12.1 Å². The fraction of sp³-hybridized carbons (Fsp3) is 0.333. The minimum atomic E-state index is -0.112. The SMILES string of the molecule is Cc1ccc2nc(C3CCCN(C(=O)c4ccc(Cl)o4)C3)[nH]c2c1. The predicted molar refractivity (Wildman–Crippen MR) is 92.4 cm³/mol. The average molecular weight is 344 g/mol. The zero-order valence-electron chi connectivity index (χ0n) is 13.4. The second kappa shape index (κ2) is 5.98. The van der Waals surface area contributed by atoms with Gasteiger partial charge < -0.3 is 14.3 Å². The minimum absolute atomic E-state index is 0.112. The van der Waals surface area contributed by atoms with E-state index >= 15 is 0 Å². The molecule has 1 saturated heterocycles. The van der Waals surface area contributed by atoms with E-state index in [1.165, 1.54) is 5.56 Å². The smallest absolute Gasteiger partial charge is 0.289 e. The number of aromatic amines is 1. The number of aromatic nitrogens is 2. The van der Waals surface area contributed by atoms with Gasteiger partial charge in [-0.15, -0.1) is 0 Å². The molecule has 1 atom stereocenters. The summed E-state index contributed by atoms with van der Waals surface area (Å²) >= 11 is 5.77. The van der Waals surface area contributed by atoms with Crippen molar-refractivity contribution in [1.82, 2.24) is 14.9 Å². The van der Waals surface area contributed by atoms with E-state index in [9.17, 15) is 4.79 Å². The molecule has 124 valence electrons. The maximum Gasteiger partial charge on any atom is 0.289 e. The van der Waals surface area contributed by atoms with Gasteiger partial charge in [0, 0.05) is 19.0 Å². The van der Waals surface area contributed by atoms with Crippen LogP contribution in [0.4, 0.5) is 0 Å². The van der Waals surface area contributed by atoms with Crippen LogP contribution in [0.5, 0.6) is 0 Å². The number of carbonyl (C=O) groups excluding carboxylic acids is 1. The molecule has 1 unspecified atom stereocenters. The minimum Gasteiger partial charge on any atom is -0.440 e. The van der Waals surface area contributed by atoms with Crippen LogP contribution in [-0.2, 0) is 0 Å². The van der Waals surface area contributed by atoms with Crippen molar-refractivity contribution in [2.45, 2.75) is 25.7 Å². The first-order valence-corrected chi connectivity index (χ1v) is 8.49. The van der Waals surface area contributed by atoms with Gasteiger partial charge in [0.1, 0.15) is 5.82 Å². The van der Waals surface area contributed by atoms with Crippen molar-refractivity contribution in [3.8, 4) is 0 Å². The topological polar surface area (TPSA) is 62.1 Å². The number of piperidine rings is 1. The monoisotopic (exact) mass is 343 g/mol. The van der Waals surface area contributed by atoms with Gasteiger partial charge in [-0.3, -0.25) is 4.79 Å². The van der Waals surface area contributed by atoms with Gasteiger partial charge in [0.2, 0.25) is 0 Å². The molecule has 1 amide bonds. The number of likely N-dealkylation sites (tertiary alicyclic amines) is 1. The molecule has 1 N–H and O–H groups in total. The molecular formula is C18H18ClN3O2. The fourth-order valence-corrected chi connectivity index (χ4v) is 3.45. The predicted octanol–water partition coefficient (Wildman–Crippen LogP) is 4.14. The van der Waals surface area contributed by atoms with Gasteiger partial charge in [0.25, 0.3) is 5.91 Å². The average Bonchev–Trinajstić information content (AvgIpc) is 3.20. The van der Waals surface area contributed by atoms with Crippen molar-refractivity contribution in [3.63, 3.8) is 0 Å². The van der Waals surface area contributed by atoms with Crippen LogP contribution in [0.25, 0.3) is 11.0 Å². The summed E-state index contributed by atoms with van der Waals surface area (Å²) < 4.78 is 5.25. The van der Waals surface area contributed by atoms with E-state index in [1.807, 2.05) is 11.0 Å². The van der Waals surface area contributed by atoms with E-state index in [2.05, 4.69) is 24.0 Å². The summed E-state index contributed by atoms with van der Waals surface area (Å²) in [5.74, 6) is 1.34. The number of benzene rings is 1. The van der Waals surface area contributed by atoms with Crippen LogP contribution in [-0.4, -0.2) is 33.9 Å². The summed E-state index contributed by atoms with van der Waals surface area (Å²) in [5, 5.41) is 0.236. The Kier molecular flexibility index (Phi) is 3.81. The highest BCUT2D eigenvalue weighted by atomic mass is 35.5. The zero-order valence-corrected chi connectivity index (χ0v) is 14.1. The summed E-state index contributed by atoms with van der Waals surface area (Å²) in [6, 6.07) is 9.41. The maximum atomic E-state index is 12.5. The van der Waals surface area contributed by atoms with Crippen molar-refractivity contribution in [2.75, 3.05) is 13.1 Å². The molecule has 0 bridgehead atoms. The molecule has 5 nitrogen and oxygen atoms in total. The lowest BCUT2D eigenvalue weighted by molar-refractivity contribution is 0.0673. The molecule has 0 aliphatic carbocycles. The van der Waals surface area contributed by atoms with Crippen LogP contribution in [0.3, 0.4) is 0 Å². The molecule has 0 saturated carbocycles. The van der Waals surface area contributed by atoms with Crippen LogP contribution in [0.2, 0.25) is 5.22 Å². The normalized spacial score (nSPS) is 18.2. The van der Waals surface area contributed by atoms with E-state index in [0.717, 1.165) is 36.2 Å². The van der Waals surface area contributed by atoms with Gasteiger partial charge in [-0.05, 0) is 61.2 Å². The first kappa shape index (κ1) is 15.3. The molecule has 1 fully saturated rings. The molecule has 3 heterocycles. The van der Waals surface area contributed by atoms with Gasteiger partial charge in [-0.1, -0.05) is 6.07 Å². The van der Waals surface area contributed by atoms with Gasteiger partial charge in [0.15, 0.2) is 11.0 Å². The Morgan fingerprint density at radius 1 is 1.38 bits per heavy atom. The number of halogens is 1. The molecule has 0 spiro atoms. The molecule has 1 aliphatic rings. The number of carbonyl (C=O) groups is 1. The lowest BCUT2D eigenvalue weighted by atomic mass is 9.97. The van der Waals surface area contributed by atoms with Gasteiger partial charge >= 0.3 is 0 Å². The Hall–Kier alpha value is -2.27. The number of hydrogen-bond donors (Lipinski definition) is 1. The summed E-state index contributed by atoms with van der Waals surface area (Å²) in [4.78, 5) is 22.5. The first-order valence-electron chi connectivity index (χ1n) is 8.11. The van der Waals surface area contributed by atoms with E-state index in [-0.39, 0.29) is 17.0 Å². The summed E-state index contributed by atoms with van der Waals surface area (Å²) in [6.07, 6.45) is 1.96. The molecular weight excluding hydrogens is 326 g/mol. The third-order valence-electron chi connectivity index (χ3n) is 4.53. The van der Waals surface area contributed by atoms with Crippen LogP contribution in [0.1, 0.15) is 40.7 Å². The molecule has 6 heteroatoms. The number of amides is 1. The van der Waals surface area contributed by atoms with Gasteiger partial charge in [-0.25, -0.2) is 4.98 Å². The van der Waals surface area contributed by atoms with Crippen molar-refractivity contribution in [1.29, 1.82) is 0 Å². The molecule has 1 aromatic carbocycles. The quantitative estimate of drug-likeness (QED) is 0.760. The standard InChI is InChI=1S/C18H18ClN3O2/c1-11-4-5-13-14(9-11)21-17(20-13)12-3-2-8-22(10-12)18(23)15-6-7-16(19)24-15/h4-7,9,12H,2-3,8,10H2,1H3,(H,20,21). The highest BCUT2D eigenvalue weighted by Gasteiger charge is 2.28. The Bertz CT molecular complexity index is 899. The highest BCUT2D eigenvalue weighted by molar-refractivity contribution is 6.29. The number of nitrogens with zero attached hydrogens (tertiary/aromatic N) is 2. The molecule has 2 aromatic heterocycles. The van der Waals surface area contributed by atoms with E-state index in [4.69, 9.17) is 21.0 Å². The first-order chi connectivity index (χ1) is 11.6. The number of aryl methyl sites for hydroxylation is 1. The summed E-state index contributed by atoms with van der Waals surface area (Å²) in [6.45, 7) is 3.43. The molecule has 1 aliphatic heterocycles. The van der Waals surface area contributed by atoms with Gasteiger partial charge in [0.05, 0.1) is 11.0 Å². The number of furan rings is 1. The van der Waals surface area contributed by atoms with Crippen LogP contribution >= 0.6 is 11.6 Å². The van der Waals surface area contributed by atoms with Gasteiger partial charge in [-0.2, -0.15) is 0 Å². The third kappa shape index (κ3) is 2.80. The Labute approximate surface area is 144 Å². The second-order valence-corrected chi connectivity index (χ2v) is 6.71. The second-order valence-electron chi connectivity index (χ2n) is 6.34. The Morgan fingerprint density at radius 3 is 3.04 bits per heavy atom. The fourth-order valence-electron chi connectivity index (χ4n) is 3.31. The molecule has 4 rings (SSSR count). The van der Waals surface area contributed by atoms with Crippen molar-refractivity contribution in [3.05, 3.63) is 52.7 Å². The van der Waals surface area contributed by atoms with Crippen LogP contribution in [0, 0.1) is 6.92 Å². The number of nitrogens with one attached hydrogen (secondary N) is 1. The maximum absolute atomic E-state index is 12.5.